The maximum Gasteiger partial charge on any atom is 0.303 e. The number of carboxylic acids is 1. The first-order valence-corrected chi connectivity index (χ1v) is 4.96. The minimum absolute atomic E-state index is 0.0234. The van der Waals surface area contributed by atoms with Gasteiger partial charge in [-0.1, -0.05) is 0 Å². The molecule has 0 saturated heterocycles. The van der Waals surface area contributed by atoms with Crippen LogP contribution in [-0.2, 0) is 9.59 Å². The van der Waals surface area contributed by atoms with Crippen molar-refractivity contribution in [1.29, 1.82) is 0 Å². The molecule has 0 aromatic carbocycles. The second-order valence-corrected chi connectivity index (χ2v) is 3.22. The maximum absolute atomic E-state index is 11.1. The van der Waals surface area contributed by atoms with Crippen LogP contribution in [0.15, 0.2) is 0 Å². The van der Waals surface area contributed by atoms with Gasteiger partial charge in [-0.15, -0.1) is 0 Å². The molecule has 0 fully saturated rings. The first kappa shape index (κ1) is 13.2. The third-order valence-electron chi connectivity index (χ3n) is 1.63. The molecule has 3 N–H and O–H groups in total. The highest BCUT2D eigenvalue weighted by molar-refractivity contribution is 7.80. The largest absolute Gasteiger partial charge is 0.481 e. The standard InChI is InChI=1S/C8H15NO4S/c10-4-3-6(5-14)9-7(11)1-2-8(12)13/h6,10,14H,1-5H2,(H,9,11)(H,12,13)/t6-/m0/s1. The topological polar surface area (TPSA) is 86.6 Å². The fourth-order valence-electron chi connectivity index (χ4n) is 0.885. The summed E-state index contributed by atoms with van der Waals surface area (Å²) in [6, 6.07) is -0.190. The van der Waals surface area contributed by atoms with Crippen LogP contribution in [0.4, 0.5) is 0 Å². The van der Waals surface area contributed by atoms with E-state index in [1.54, 1.807) is 0 Å². The highest BCUT2D eigenvalue weighted by Gasteiger charge is 2.10. The molecule has 0 rings (SSSR count). The number of amides is 1. The molecular formula is C8H15NO4S. The van der Waals surface area contributed by atoms with Crippen molar-refractivity contribution in [1.82, 2.24) is 5.32 Å². The Morgan fingerprint density at radius 2 is 2.00 bits per heavy atom. The van der Waals surface area contributed by atoms with Crippen LogP contribution < -0.4 is 5.32 Å². The Morgan fingerprint density at radius 3 is 2.43 bits per heavy atom. The Kier molecular flexibility index (Phi) is 7.23. The van der Waals surface area contributed by atoms with E-state index in [0.717, 1.165) is 0 Å². The number of nitrogens with one attached hydrogen (secondary N) is 1. The van der Waals surface area contributed by atoms with Gasteiger partial charge in [-0.05, 0) is 6.42 Å². The molecular weight excluding hydrogens is 206 g/mol. The van der Waals surface area contributed by atoms with E-state index in [2.05, 4.69) is 17.9 Å². The van der Waals surface area contributed by atoms with Crippen LogP contribution in [0.3, 0.4) is 0 Å². The molecule has 0 aliphatic heterocycles. The molecule has 0 bridgehead atoms. The van der Waals surface area contributed by atoms with Crippen molar-refractivity contribution in [2.75, 3.05) is 12.4 Å². The fourth-order valence-corrected chi connectivity index (χ4v) is 1.16. The van der Waals surface area contributed by atoms with Crippen LogP contribution in [-0.4, -0.2) is 40.5 Å². The number of carbonyl (C=O) groups excluding carboxylic acids is 1. The van der Waals surface area contributed by atoms with Crippen LogP contribution in [0, 0.1) is 0 Å². The van der Waals surface area contributed by atoms with Crippen LogP contribution >= 0.6 is 12.6 Å². The van der Waals surface area contributed by atoms with Crippen molar-refractivity contribution in [3.8, 4) is 0 Å². The molecule has 82 valence electrons. The van der Waals surface area contributed by atoms with Gasteiger partial charge in [-0.3, -0.25) is 9.59 Å². The molecule has 0 radical (unpaired) electrons. The second kappa shape index (κ2) is 7.64. The van der Waals surface area contributed by atoms with Crippen molar-refractivity contribution < 1.29 is 19.8 Å². The number of thiol groups is 1. The fraction of sp³-hybridized carbons (Fsp3) is 0.750. The maximum atomic E-state index is 11.1. The first-order chi connectivity index (χ1) is 6.60. The number of hydrogen-bond donors (Lipinski definition) is 4. The van der Waals surface area contributed by atoms with E-state index in [1.807, 2.05) is 0 Å². The molecule has 0 aliphatic rings. The number of rotatable bonds is 7. The lowest BCUT2D eigenvalue weighted by molar-refractivity contribution is -0.138. The number of carbonyl (C=O) groups is 2. The lowest BCUT2D eigenvalue weighted by Gasteiger charge is -2.14. The van der Waals surface area contributed by atoms with Gasteiger partial charge in [-0.2, -0.15) is 12.6 Å². The lowest BCUT2D eigenvalue weighted by Crippen LogP contribution is -2.36. The Morgan fingerprint density at radius 1 is 1.36 bits per heavy atom. The third kappa shape index (κ3) is 6.73. The van der Waals surface area contributed by atoms with Crippen molar-refractivity contribution in [2.24, 2.45) is 0 Å². The Bertz CT molecular complexity index is 198. The molecule has 14 heavy (non-hydrogen) atoms. The predicted octanol–water partition coefficient (Wildman–Crippen LogP) is -0.352. The zero-order valence-corrected chi connectivity index (χ0v) is 8.67. The molecule has 5 nitrogen and oxygen atoms in total. The quantitative estimate of drug-likeness (QED) is 0.442. The molecule has 6 heteroatoms. The van der Waals surface area contributed by atoms with E-state index in [-0.39, 0.29) is 31.4 Å². The number of aliphatic carboxylic acids is 1. The Hall–Kier alpha value is -0.750. The number of aliphatic hydroxyl groups excluding tert-OH is 1. The highest BCUT2D eigenvalue weighted by Crippen LogP contribution is 1.96. The van der Waals surface area contributed by atoms with Crippen LogP contribution in [0.1, 0.15) is 19.3 Å². The van der Waals surface area contributed by atoms with Gasteiger partial charge in [0.05, 0.1) is 6.42 Å². The third-order valence-corrected chi connectivity index (χ3v) is 2.07. The van der Waals surface area contributed by atoms with E-state index >= 15 is 0 Å². The SMILES string of the molecule is O=C(O)CCC(=O)N[C@H](CS)CCO. The van der Waals surface area contributed by atoms with Crippen LogP contribution in [0.25, 0.3) is 0 Å². The van der Waals surface area contributed by atoms with E-state index < -0.39 is 5.97 Å². The number of hydrogen-bond acceptors (Lipinski definition) is 4. The van der Waals surface area contributed by atoms with Gasteiger partial charge in [0.15, 0.2) is 0 Å². The van der Waals surface area contributed by atoms with E-state index in [0.29, 0.717) is 12.2 Å². The minimum Gasteiger partial charge on any atom is -0.481 e. The lowest BCUT2D eigenvalue weighted by atomic mass is 10.2. The zero-order chi connectivity index (χ0) is 11.0. The molecule has 0 saturated carbocycles. The average molecular weight is 221 g/mol. The summed E-state index contributed by atoms with van der Waals surface area (Å²) in [7, 11) is 0. The Labute approximate surface area is 87.9 Å². The number of carboxylic acid groups (broad SMARTS) is 1. The molecule has 0 aliphatic carbocycles. The first-order valence-electron chi connectivity index (χ1n) is 4.33. The summed E-state index contributed by atoms with van der Waals surface area (Å²) in [5.41, 5.74) is 0. The smallest absolute Gasteiger partial charge is 0.303 e. The van der Waals surface area contributed by atoms with Gasteiger partial charge < -0.3 is 15.5 Å². The molecule has 1 amide bonds. The highest BCUT2D eigenvalue weighted by atomic mass is 32.1. The van der Waals surface area contributed by atoms with Crippen molar-refractivity contribution in [3.63, 3.8) is 0 Å². The van der Waals surface area contributed by atoms with Crippen LogP contribution in [0.5, 0.6) is 0 Å². The van der Waals surface area contributed by atoms with Gasteiger partial charge >= 0.3 is 5.97 Å². The molecule has 0 aromatic rings. The molecule has 0 heterocycles. The van der Waals surface area contributed by atoms with Gasteiger partial charge in [-0.25, -0.2) is 0 Å². The van der Waals surface area contributed by atoms with Gasteiger partial charge in [0.2, 0.25) is 5.91 Å². The Balaban J connectivity index is 3.72. The van der Waals surface area contributed by atoms with E-state index in [4.69, 9.17) is 10.2 Å². The minimum atomic E-state index is -0.996. The summed E-state index contributed by atoms with van der Waals surface area (Å²) in [4.78, 5) is 21.3. The van der Waals surface area contributed by atoms with Gasteiger partial charge in [0.25, 0.3) is 0 Å². The van der Waals surface area contributed by atoms with E-state index in [1.165, 1.54) is 0 Å². The summed E-state index contributed by atoms with van der Waals surface area (Å²) in [5, 5.41) is 19.5. The van der Waals surface area contributed by atoms with Crippen LogP contribution in [0.2, 0.25) is 0 Å². The summed E-state index contributed by atoms with van der Waals surface area (Å²) in [6.07, 6.45) is 0.220. The summed E-state index contributed by atoms with van der Waals surface area (Å²) < 4.78 is 0. The average Bonchev–Trinajstić information content (AvgIpc) is 2.14. The summed E-state index contributed by atoms with van der Waals surface area (Å²) in [5.74, 6) is -0.885. The normalized spacial score (nSPS) is 12.1. The monoisotopic (exact) mass is 221 g/mol. The molecule has 0 unspecified atom stereocenters. The van der Waals surface area contributed by atoms with Crippen molar-refractivity contribution in [3.05, 3.63) is 0 Å². The zero-order valence-electron chi connectivity index (χ0n) is 7.77. The second-order valence-electron chi connectivity index (χ2n) is 2.85. The van der Waals surface area contributed by atoms with Gasteiger partial charge in [0, 0.05) is 24.8 Å². The summed E-state index contributed by atoms with van der Waals surface area (Å²) >= 11 is 3.99. The van der Waals surface area contributed by atoms with Crippen molar-refractivity contribution >= 4 is 24.5 Å². The molecule has 1 atom stereocenters. The number of aliphatic hydroxyl groups is 1. The van der Waals surface area contributed by atoms with Crippen molar-refractivity contribution in [2.45, 2.75) is 25.3 Å². The molecule has 0 aromatic heterocycles. The summed E-state index contributed by atoms with van der Waals surface area (Å²) in [6.45, 7) is -0.0234. The molecule has 0 spiro atoms. The van der Waals surface area contributed by atoms with E-state index in [9.17, 15) is 9.59 Å². The van der Waals surface area contributed by atoms with Gasteiger partial charge in [0.1, 0.15) is 0 Å². The predicted molar refractivity (Wildman–Crippen MR) is 54.4 cm³/mol.